The lowest BCUT2D eigenvalue weighted by Gasteiger charge is -2.34. The van der Waals surface area contributed by atoms with Crippen molar-refractivity contribution in [3.63, 3.8) is 0 Å². The van der Waals surface area contributed by atoms with Crippen LogP contribution in [0.4, 0.5) is 0 Å². The highest BCUT2D eigenvalue weighted by atomic mass is 16.5. The van der Waals surface area contributed by atoms with Crippen LogP contribution in [0.15, 0.2) is 4.52 Å². The predicted octanol–water partition coefficient (Wildman–Crippen LogP) is 0.683. The molecule has 118 valence electrons. The van der Waals surface area contributed by atoms with Gasteiger partial charge in [-0.1, -0.05) is 5.16 Å². The fourth-order valence-electron chi connectivity index (χ4n) is 3.08. The zero-order valence-electron chi connectivity index (χ0n) is 12.4. The molecule has 1 aromatic heterocycles. The molecule has 2 N–H and O–H groups in total. The molecular weight excluding hydrogens is 274 g/mol. The van der Waals surface area contributed by atoms with Crippen LogP contribution in [0.25, 0.3) is 0 Å². The van der Waals surface area contributed by atoms with Gasteiger partial charge >= 0.3 is 0 Å². The Kier molecular flexibility index (Phi) is 4.26. The van der Waals surface area contributed by atoms with Gasteiger partial charge in [-0.2, -0.15) is 4.98 Å². The molecule has 7 nitrogen and oxygen atoms in total. The van der Waals surface area contributed by atoms with Gasteiger partial charge in [0.1, 0.15) is 5.60 Å². The first-order chi connectivity index (χ1) is 10.2. The van der Waals surface area contributed by atoms with E-state index in [-0.39, 0.29) is 5.89 Å². The van der Waals surface area contributed by atoms with Crippen molar-refractivity contribution < 1.29 is 19.1 Å². The van der Waals surface area contributed by atoms with Crippen LogP contribution in [0.1, 0.15) is 44.3 Å². The van der Waals surface area contributed by atoms with Crippen molar-refractivity contribution in [2.75, 3.05) is 32.9 Å². The highest BCUT2D eigenvalue weighted by Gasteiger charge is 2.43. The second kappa shape index (κ2) is 6.00. The number of β-amino-alcohol motifs (C(OH)–C–C–N with tert-alkyl or cyclic N) is 1. The fraction of sp³-hybridized carbons (Fsp3) is 0.857. The summed E-state index contributed by atoms with van der Waals surface area (Å²) in [7, 11) is 0. The van der Waals surface area contributed by atoms with Gasteiger partial charge in [0.2, 0.25) is 5.82 Å². The van der Waals surface area contributed by atoms with E-state index in [1.807, 2.05) is 6.92 Å². The molecule has 3 rings (SSSR count). The molecule has 0 bridgehead atoms. The Bertz CT molecular complexity index is 459. The topological polar surface area (TPSA) is 89.6 Å². The highest BCUT2D eigenvalue weighted by molar-refractivity contribution is 5.08. The van der Waals surface area contributed by atoms with E-state index in [2.05, 4.69) is 15.5 Å². The summed E-state index contributed by atoms with van der Waals surface area (Å²) in [4.78, 5) is 4.47. The maximum absolute atomic E-state index is 10.6. The van der Waals surface area contributed by atoms with Crippen molar-refractivity contribution in [1.29, 1.82) is 0 Å². The Hall–Kier alpha value is -1.02. The van der Waals surface area contributed by atoms with Crippen LogP contribution in [0.2, 0.25) is 0 Å². The molecule has 2 saturated heterocycles. The van der Waals surface area contributed by atoms with E-state index in [0.717, 1.165) is 13.0 Å². The molecule has 0 radical (unpaired) electrons. The Balaban J connectivity index is 1.85. The van der Waals surface area contributed by atoms with Gasteiger partial charge in [0.15, 0.2) is 5.60 Å². The van der Waals surface area contributed by atoms with E-state index < -0.39 is 11.2 Å². The molecule has 0 spiro atoms. The molecule has 1 aromatic rings. The first kappa shape index (κ1) is 14.9. The van der Waals surface area contributed by atoms with E-state index in [1.165, 1.54) is 0 Å². The summed E-state index contributed by atoms with van der Waals surface area (Å²) in [6, 6.07) is 0. The lowest BCUT2D eigenvalue weighted by atomic mass is 9.92. The summed E-state index contributed by atoms with van der Waals surface area (Å²) in [6.07, 6.45) is 2.93. The highest BCUT2D eigenvalue weighted by Crippen LogP contribution is 2.36. The summed E-state index contributed by atoms with van der Waals surface area (Å²) in [6.45, 7) is 5.13. The average molecular weight is 297 g/mol. The van der Waals surface area contributed by atoms with Gasteiger partial charge in [-0.15, -0.1) is 0 Å². The van der Waals surface area contributed by atoms with Gasteiger partial charge in [-0.05, 0) is 26.3 Å². The van der Waals surface area contributed by atoms with Gasteiger partial charge in [0, 0.05) is 39.2 Å². The third kappa shape index (κ3) is 2.83. The monoisotopic (exact) mass is 297 g/mol. The van der Waals surface area contributed by atoms with E-state index in [0.29, 0.717) is 51.5 Å². The Morgan fingerprint density at radius 3 is 2.81 bits per heavy atom. The maximum Gasteiger partial charge on any atom is 0.260 e. The van der Waals surface area contributed by atoms with E-state index in [1.54, 1.807) is 0 Å². The van der Waals surface area contributed by atoms with E-state index >= 15 is 0 Å². The number of hydrogen-bond donors (Lipinski definition) is 2. The molecule has 2 aliphatic heterocycles. The minimum atomic E-state index is -1.07. The minimum Gasteiger partial charge on any atom is -0.381 e. The van der Waals surface area contributed by atoms with Crippen LogP contribution in [0.5, 0.6) is 0 Å². The molecule has 1 atom stereocenters. The van der Waals surface area contributed by atoms with Crippen LogP contribution in [0.3, 0.4) is 0 Å². The standard InChI is InChI=1S/C14H23N3O4/c1-2-20-14(5-8-19-9-6-14)11-16-12(21-17-11)13(18)4-3-7-15-10-13/h15,18H,2-10H2,1H3. The third-order valence-corrected chi connectivity index (χ3v) is 4.31. The van der Waals surface area contributed by atoms with Crippen LogP contribution in [-0.2, 0) is 20.7 Å². The quantitative estimate of drug-likeness (QED) is 0.844. The second-order valence-electron chi connectivity index (χ2n) is 5.77. The maximum atomic E-state index is 10.6. The van der Waals surface area contributed by atoms with Crippen LogP contribution >= 0.6 is 0 Å². The largest absolute Gasteiger partial charge is 0.381 e. The third-order valence-electron chi connectivity index (χ3n) is 4.31. The summed E-state index contributed by atoms with van der Waals surface area (Å²) >= 11 is 0. The van der Waals surface area contributed by atoms with Gasteiger partial charge in [-0.3, -0.25) is 0 Å². The van der Waals surface area contributed by atoms with Gasteiger partial charge in [-0.25, -0.2) is 0 Å². The van der Waals surface area contributed by atoms with Gasteiger partial charge in [0.05, 0.1) is 0 Å². The summed E-state index contributed by atoms with van der Waals surface area (Å²) in [5.74, 6) is 0.817. The second-order valence-corrected chi connectivity index (χ2v) is 5.77. The van der Waals surface area contributed by atoms with Crippen molar-refractivity contribution in [2.24, 2.45) is 0 Å². The normalized spacial score (nSPS) is 29.4. The first-order valence-corrected chi connectivity index (χ1v) is 7.68. The molecule has 0 saturated carbocycles. The van der Waals surface area contributed by atoms with E-state index in [4.69, 9.17) is 14.0 Å². The van der Waals surface area contributed by atoms with Crippen LogP contribution < -0.4 is 5.32 Å². The Labute approximate surface area is 124 Å². The number of piperidine rings is 1. The summed E-state index contributed by atoms with van der Waals surface area (Å²) < 4.78 is 16.7. The number of rotatable bonds is 4. The number of nitrogens with zero attached hydrogens (tertiary/aromatic N) is 2. The molecule has 3 heterocycles. The van der Waals surface area contributed by atoms with Crippen molar-refractivity contribution in [3.8, 4) is 0 Å². The molecule has 1 unspecified atom stereocenters. The Morgan fingerprint density at radius 1 is 1.33 bits per heavy atom. The molecule has 0 amide bonds. The number of ether oxygens (including phenoxy) is 2. The minimum absolute atomic E-state index is 0.287. The summed E-state index contributed by atoms with van der Waals surface area (Å²) in [5.41, 5.74) is -1.62. The zero-order chi connectivity index (χ0) is 14.8. The number of aliphatic hydroxyl groups is 1. The van der Waals surface area contributed by atoms with Crippen LogP contribution in [0, 0.1) is 0 Å². The van der Waals surface area contributed by atoms with Crippen molar-refractivity contribution in [2.45, 2.75) is 43.8 Å². The molecule has 2 fully saturated rings. The van der Waals surface area contributed by atoms with Crippen LogP contribution in [-0.4, -0.2) is 48.2 Å². The molecule has 21 heavy (non-hydrogen) atoms. The lowest BCUT2D eigenvalue weighted by Crippen LogP contribution is -2.43. The smallest absolute Gasteiger partial charge is 0.260 e. The van der Waals surface area contributed by atoms with Gasteiger partial charge in [0.25, 0.3) is 5.89 Å². The average Bonchev–Trinajstić information content (AvgIpc) is 3.01. The van der Waals surface area contributed by atoms with Crippen molar-refractivity contribution >= 4 is 0 Å². The molecular formula is C14H23N3O4. The molecule has 0 aliphatic carbocycles. The predicted molar refractivity (Wildman–Crippen MR) is 73.7 cm³/mol. The lowest BCUT2D eigenvalue weighted by molar-refractivity contribution is -0.118. The first-order valence-electron chi connectivity index (χ1n) is 7.68. The number of aromatic nitrogens is 2. The fourth-order valence-corrected chi connectivity index (χ4v) is 3.08. The number of nitrogens with one attached hydrogen (secondary N) is 1. The van der Waals surface area contributed by atoms with Crippen molar-refractivity contribution in [1.82, 2.24) is 15.5 Å². The zero-order valence-corrected chi connectivity index (χ0v) is 12.4. The molecule has 2 aliphatic rings. The van der Waals surface area contributed by atoms with E-state index in [9.17, 15) is 5.11 Å². The van der Waals surface area contributed by atoms with Crippen molar-refractivity contribution in [3.05, 3.63) is 11.7 Å². The van der Waals surface area contributed by atoms with Gasteiger partial charge < -0.3 is 24.4 Å². The Morgan fingerprint density at radius 2 is 2.14 bits per heavy atom. The number of hydrogen-bond acceptors (Lipinski definition) is 7. The molecule has 0 aromatic carbocycles. The SMILES string of the molecule is CCOC1(c2noc(C3(O)CCCNC3)n2)CCOCC1. The summed E-state index contributed by atoms with van der Waals surface area (Å²) in [5, 5.41) is 17.9. The molecule has 7 heteroatoms.